The van der Waals surface area contributed by atoms with Crippen LogP contribution in [-0.2, 0) is 0 Å². The summed E-state index contributed by atoms with van der Waals surface area (Å²) < 4.78 is 17.6. The molecule has 1 fully saturated rings. The highest BCUT2D eigenvalue weighted by atomic mass is 35.5. The molecule has 164 valence electrons. The highest BCUT2D eigenvalue weighted by Gasteiger charge is 2.37. The minimum absolute atomic E-state index is 0.00846. The minimum Gasteiger partial charge on any atom is -0.496 e. The van der Waals surface area contributed by atoms with Gasteiger partial charge in [-0.3, -0.25) is 4.79 Å². The lowest BCUT2D eigenvalue weighted by Crippen LogP contribution is -2.32. The van der Waals surface area contributed by atoms with E-state index in [4.69, 9.17) is 25.5 Å². The number of benzene rings is 2. The van der Waals surface area contributed by atoms with Crippen molar-refractivity contribution in [2.45, 2.75) is 25.3 Å². The van der Waals surface area contributed by atoms with Crippen LogP contribution in [-0.4, -0.2) is 50.5 Å². The Labute approximate surface area is 185 Å². The first-order chi connectivity index (χ1) is 14.9. The number of likely N-dealkylation sites (tertiary alicyclic amines) is 1. The van der Waals surface area contributed by atoms with Crippen molar-refractivity contribution >= 4 is 22.6 Å². The van der Waals surface area contributed by atoms with Crippen LogP contribution in [0.5, 0.6) is 11.5 Å². The van der Waals surface area contributed by atoms with E-state index in [1.54, 1.807) is 13.2 Å². The molecule has 0 spiro atoms. The van der Waals surface area contributed by atoms with Gasteiger partial charge in [0.1, 0.15) is 28.2 Å². The molecule has 1 N–H and O–H groups in total. The van der Waals surface area contributed by atoms with E-state index in [-0.39, 0.29) is 24.0 Å². The van der Waals surface area contributed by atoms with Gasteiger partial charge < -0.3 is 23.9 Å². The molecule has 2 heterocycles. The van der Waals surface area contributed by atoms with Crippen LogP contribution in [0.2, 0.25) is 5.02 Å². The Bertz CT molecular complexity index is 1190. The summed E-state index contributed by atoms with van der Waals surface area (Å²) in [6.45, 7) is 2.72. The van der Waals surface area contributed by atoms with E-state index in [9.17, 15) is 9.90 Å². The molecular weight excluding hydrogens is 418 g/mol. The van der Waals surface area contributed by atoms with Crippen molar-refractivity contribution in [1.82, 2.24) is 4.90 Å². The van der Waals surface area contributed by atoms with Gasteiger partial charge in [-0.25, -0.2) is 0 Å². The van der Waals surface area contributed by atoms with Gasteiger partial charge in [0.2, 0.25) is 0 Å². The SMILES string of the molecule is COc1cc(OC)c2c(=O)cc(-c3cccc(C)c3Cl)oc2c1[C@@H]1CCN(C)[C@H]1CO. The summed E-state index contributed by atoms with van der Waals surface area (Å²) in [7, 11) is 5.07. The van der Waals surface area contributed by atoms with Gasteiger partial charge in [-0.1, -0.05) is 23.7 Å². The number of aliphatic hydroxyl groups is 1. The third-order valence-electron chi connectivity index (χ3n) is 6.24. The van der Waals surface area contributed by atoms with E-state index in [0.717, 1.165) is 24.1 Å². The summed E-state index contributed by atoms with van der Waals surface area (Å²) in [5, 5.41) is 10.9. The van der Waals surface area contributed by atoms with Gasteiger partial charge in [-0.05, 0) is 38.6 Å². The summed E-state index contributed by atoms with van der Waals surface area (Å²) in [5.74, 6) is 1.27. The first-order valence-electron chi connectivity index (χ1n) is 10.2. The molecule has 6 nitrogen and oxygen atoms in total. The zero-order valence-corrected chi connectivity index (χ0v) is 18.8. The molecule has 0 aliphatic carbocycles. The second kappa shape index (κ2) is 8.54. The first kappa shape index (κ1) is 21.7. The van der Waals surface area contributed by atoms with Gasteiger partial charge in [-0.2, -0.15) is 0 Å². The molecule has 0 unspecified atom stereocenters. The van der Waals surface area contributed by atoms with Crippen LogP contribution < -0.4 is 14.9 Å². The molecule has 4 rings (SSSR count). The molecule has 31 heavy (non-hydrogen) atoms. The Kier molecular flexibility index (Phi) is 5.97. The summed E-state index contributed by atoms with van der Waals surface area (Å²) >= 11 is 6.53. The number of methoxy groups -OCH3 is 2. The van der Waals surface area contributed by atoms with Crippen LogP contribution in [0.1, 0.15) is 23.5 Å². The predicted molar refractivity (Wildman–Crippen MR) is 122 cm³/mol. The zero-order chi connectivity index (χ0) is 22.3. The second-order valence-electron chi connectivity index (χ2n) is 7.94. The van der Waals surface area contributed by atoms with Crippen molar-refractivity contribution in [3.05, 3.63) is 56.7 Å². The lowest BCUT2D eigenvalue weighted by molar-refractivity contribution is 0.171. The molecule has 3 aromatic rings. The molecule has 2 atom stereocenters. The Morgan fingerprint density at radius 2 is 1.97 bits per heavy atom. The molecule has 0 saturated carbocycles. The average Bonchev–Trinajstić information content (AvgIpc) is 3.13. The Morgan fingerprint density at radius 3 is 2.65 bits per heavy atom. The highest BCUT2D eigenvalue weighted by Crippen LogP contribution is 2.45. The number of fused-ring (bicyclic) bond motifs is 1. The fourth-order valence-corrected chi connectivity index (χ4v) is 4.78. The van der Waals surface area contributed by atoms with Gasteiger partial charge in [0.25, 0.3) is 0 Å². The zero-order valence-electron chi connectivity index (χ0n) is 18.1. The van der Waals surface area contributed by atoms with Crippen LogP contribution >= 0.6 is 11.6 Å². The number of halogens is 1. The maximum atomic E-state index is 13.2. The third kappa shape index (κ3) is 3.59. The summed E-state index contributed by atoms with van der Waals surface area (Å²) in [4.78, 5) is 15.4. The topological polar surface area (TPSA) is 72.1 Å². The number of likely N-dealkylation sites (N-methyl/N-ethyl adjacent to an activating group) is 1. The summed E-state index contributed by atoms with van der Waals surface area (Å²) in [6.07, 6.45) is 0.804. The van der Waals surface area contributed by atoms with Gasteiger partial charge >= 0.3 is 0 Å². The van der Waals surface area contributed by atoms with Crippen LogP contribution in [0.4, 0.5) is 0 Å². The van der Waals surface area contributed by atoms with Crippen molar-refractivity contribution in [3.63, 3.8) is 0 Å². The number of aliphatic hydroxyl groups excluding tert-OH is 1. The maximum absolute atomic E-state index is 13.2. The van der Waals surface area contributed by atoms with Crippen molar-refractivity contribution < 1.29 is 19.0 Å². The van der Waals surface area contributed by atoms with Crippen molar-refractivity contribution in [2.24, 2.45) is 0 Å². The highest BCUT2D eigenvalue weighted by molar-refractivity contribution is 6.34. The molecule has 2 aromatic carbocycles. The second-order valence-corrected chi connectivity index (χ2v) is 8.31. The van der Waals surface area contributed by atoms with Crippen molar-refractivity contribution in [3.8, 4) is 22.8 Å². The average molecular weight is 444 g/mol. The monoisotopic (exact) mass is 443 g/mol. The van der Waals surface area contributed by atoms with Crippen molar-refractivity contribution in [1.29, 1.82) is 0 Å². The number of hydrogen-bond acceptors (Lipinski definition) is 6. The fourth-order valence-electron chi connectivity index (χ4n) is 4.56. The Morgan fingerprint density at radius 1 is 1.23 bits per heavy atom. The van der Waals surface area contributed by atoms with Gasteiger partial charge in [0.15, 0.2) is 5.43 Å². The van der Waals surface area contributed by atoms with Crippen LogP contribution in [0.3, 0.4) is 0 Å². The summed E-state index contributed by atoms with van der Waals surface area (Å²) in [5.41, 5.74) is 2.50. The van der Waals surface area contributed by atoms with E-state index < -0.39 is 0 Å². The molecule has 0 amide bonds. The van der Waals surface area contributed by atoms with Crippen LogP contribution in [0.15, 0.2) is 39.5 Å². The lowest BCUT2D eigenvalue weighted by atomic mass is 9.89. The number of ether oxygens (including phenoxy) is 2. The van der Waals surface area contributed by atoms with Gasteiger partial charge in [-0.15, -0.1) is 0 Å². The van der Waals surface area contributed by atoms with Gasteiger partial charge in [0, 0.05) is 35.2 Å². The first-order valence-corrected chi connectivity index (χ1v) is 10.6. The molecule has 1 saturated heterocycles. The maximum Gasteiger partial charge on any atom is 0.197 e. The summed E-state index contributed by atoms with van der Waals surface area (Å²) in [6, 6.07) is 8.68. The van der Waals surface area contributed by atoms with E-state index in [1.165, 1.54) is 13.2 Å². The number of aryl methyl sites for hydroxylation is 1. The van der Waals surface area contributed by atoms with E-state index in [1.807, 2.05) is 32.2 Å². The molecule has 1 aliphatic heterocycles. The Balaban J connectivity index is 2.07. The van der Waals surface area contributed by atoms with Gasteiger partial charge in [0.05, 0.1) is 25.8 Å². The largest absolute Gasteiger partial charge is 0.496 e. The van der Waals surface area contributed by atoms with Crippen LogP contribution in [0, 0.1) is 6.92 Å². The molecule has 7 heteroatoms. The molecular formula is C24H26ClNO5. The smallest absolute Gasteiger partial charge is 0.197 e. The van der Waals surface area contributed by atoms with E-state index in [0.29, 0.717) is 38.8 Å². The third-order valence-corrected chi connectivity index (χ3v) is 6.75. The fraction of sp³-hybridized carbons (Fsp3) is 0.375. The Hall–Kier alpha value is -2.54. The molecule has 0 bridgehead atoms. The standard InChI is InChI=1S/C24H26ClNO5/c1-13-6-5-7-15(23(13)25)18-10-17(28)22-20(30-4)11-19(29-3)21(24(22)31-18)14-8-9-26(2)16(14)12-27/h5-7,10-11,14,16,27H,8-9,12H2,1-4H3/t14-,16+/m1/s1. The van der Waals surface area contributed by atoms with E-state index >= 15 is 0 Å². The number of rotatable bonds is 5. The number of hydrogen-bond donors (Lipinski definition) is 1. The lowest BCUT2D eigenvalue weighted by Gasteiger charge is -2.25. The molecule has 1 aliphatic rings. The molecule has 1 aromatic heterocycles. The van der Waals surface area contributed by atoms with Crippen LogP contribution in [0.25, 0.3) is 22.3 Å². The number of nitrogens with zero attached hydrogens (tertiary/aromatic N) is 1. The normalized spacial score (nSPS) is 19.2. The van der Waals surface area contributed by atoms with E-state index in [2.05, 4.69) is 4.90 Å². The van der Waals surface area contributed by atoms with Crippen molar-refractivity contribution in [2.75, 3.05) is 34.4 Å². The predicted octanol–water partition coefficient (Wildman–Crippen LogP) is 4.22. The quantitative estimate of drug-likeness (QED) is 0.636. The molecule has 0 radical (unpaired) electrons. The minimum atomic E-state index is -0.221.